The summed E-state index contributed by atoms with van der Waals surface area (Å²) in [6.07, 6.45) is -0.935. The molecule has 7 heteroatoms. The van der Waals surface area contributed by atoms with Crippen LogP contribution in [0.25, 0.3) is 0 Å². The van der Waals surface area contributed by atoms with Gasteiger partial charge in [0.1, 0.15) is 12.1 Å². The maximum Gasteiger partial charge on any atom is 0.416 e. The first kappa shape index (κ1) is 18.2. The van der Waals surface area contributed by atoms with Crippen molar-refractivity contribution < 1.29 is 13.2 Å². The van der Waals surface area contributed by atoms with Crippen LogP contribution < -0.4 is 0 Å². The number of thioether (sulfide) groups is 1. The van der Waals surface area contributed by atoms with E-state index in [9.17, 15) is 13.2 Å². The number of hydrogen-bond acceptors (Lipinski definition) is 4. The summed E-state index contributed by atoms with van der Waals surface area (Å²) in [6.45, 7) is 1.35. The molecular formula is C17H16F3N3S. The number of rotatable bonds is 3. The minimum atomic E-state index is -4.31. The van der Waals surface area contributed by atoms with E-state index < -0.39 is 11.7 Å². The van der Waals surface area contributed by atoms with Crippen LogP contribution in [0.15, 0.2) is 34.9 Å². The van der Waals surface area contributed by atoms with Gasteiger partial charge in [0.05, 0.1) is 10.6 Å². The zero-order chi connectivity index (χ0) is 17.7. The molecule has 0 bridgehead atoms. The van der Waals surface area contributed by atoms with Gasteiger partial charge in [0, 0.05) is 13.1 Å². The third-order valence-corrected chi connectivity index (χ3v) is 4.97. The first-order valence-corrected chi connectivity index (χ1v) is 8.63. The number of halogens is 3. The Balaban J connectivity index is 2.07. The van der Waals surface area contributed by atoms with Gasteiger partial charge in [-0.25, -0.2) is 0 Å². The second-order valence-electron chi connectivity index (χ2n) is 5.49. The molecule has 0 unspecified atom stereocenters. The molecule has 0 saturated carbocycles. The van der Waals surface area contributed by atoms with Crippen LogP contribution in [-0.4, -0.2) is 24.2 Å². The highest BCUT2D eigenvalue weighted by molar-refractivity contribution is 8.02. The maximum atomic E-state index is 12.6. The number of alkyl halides is 3. The van der Waals surface area contributed by atoms with E-state index in [4.69, 9.17) is 10.5 Å². The van der Waals surface area contributed by atoms with Gasteiger partial charge in [0.15, 0.2) is 5.57 Å². The summed E-state index contributed by atoms with van der Waals surface area (Å²) in [7, 11) is 0. The topological polar surface area (TPSA) is 50.8 Å². The van der Waals surface area contributed by atoms with E-state index in [1.807, 2.05) is 23.3 Å². The van der Waals surface area contributed by atoms with E-state index in [0.29, 0.717) is 18.1 Å². The van der Waals surface area contributed by atoms with Crippen LogP contribution in [0.4, 0.5) is 13.2 Å². The van der Waals surface area contributed by atoms with Crippen molar-refractivity contribution in [3.8, 4) is 12.1 Å². The Morgan fingerprint density at radius 3 is 2.08 bits per heavy atom. The smallest absolute Gasteiger partial charge is 0.365 e. The summed E-state index contributed by atoms with van der Waals surface area (Å²) in [5.74, 6) is 0.194. The minimum Gasteiger partial charge on any atom is -0.365 e. The van der Waals surface area contributed by atoms with Crippen LogP contribution in [0.3, 0.4) is 0 Å². The molecule has 1 aliphatic heterocycles. The first-order chi connectivity index (χ1) is 11.4. The molecule has 126 valence electrons. The van der Waals surface area contributed by atoms with E-state index in [-0.39, 0.29) is 11.5 Å². The zero-order valence-corrected chi connectivity index (χ0v) is 13.9. The van der Waals surface area contributed by atoms with Crippen molar-refractivity contribution >= 4 is 11.8 Å². The lowest BCUT2D eigenvalue weighted by Gasteiger charge is -2.34. The lowest BCUT2D eigenvalue weighted by Crippen LogP contribution is -2.32. The zero-order valence-electron chi connectivity index (χ0n) is 13.1. The minimum absolute atomic E-state index is 0.107. The van der Waals surface area contributed by atoms with Crippen molar-refractivity contribution in [2.45, 2.75) is 24.9 Å². The Kier molecular flexibility index (Phi) is 5.80. The molecular weight excluding hydrogens is 335 g/mol. The number of nitrogens with zero attached hydrogens (tertiary/aromatic N) is 3. The van der Waals surface area contributed by atoms with Gasteiger partial charge in [-0.05, 0) is 42.7 Å². The van der Waals surface area contributed by atoms with Crippen LogP contribution in [0, 0.1) is 22.7 Å². The van der Waals surface area contributed by atoms with Gasteiger partial charge in [0.25, 0.3) is 0 Å². The lowest BCUT2D eigenvalue weighted by molar-refractivity contribution is -0.137. The van der Waals surface area contributed by atoms with Crippen LogP contribution in [0.2, 0.25) is 0 Å². The average molecular weight is 351 g/mol. The van der Waals surface area contributed by atoms with Gasteiger partial charge in [-0.2, -0.15) is 23.7 Å². The predicted molar refractivity (Wildman–Crippen MR) is 86.8 cm³/mol. The summed E-state index contributed by atoms with van der Waals surface area (Å²) < 4.78 is 37.9. The summed E-state index contributed by atoms with van der Waals surface area (Å²) >= 11 is 1.37. The van der Waals surface area contributed by atoms with Gasteiger partial charge in [0.2, 0.25) is 0 Å². The van der Waals surface area contributed by atoms with Gasteiger partial charge >= 0.3 is 6.18 Å². The fraction of sp³-hybridized carbons (Fsp3) is 0.412. The van der Waals surface area contributed by atoms with E-state index in [0.717, 1.165) is 30.5 Å². The fourth-order valence-corrected chi connectivity index (χ4v) is 3.61. The molecule has 1 fully saturated rings. The molecule has 1 aromatic carbocycles. The maximum absolute atomic E-state index is 12.6. The highest BCUT2D eigenvalue weighted by Crippen LogP contribution is 2.34. The van der Waals surface area contributed by atoms with E-state index in [1.165, 1.54) is 11.8 Å². The molecule has 0 aliphatic carbocycles. The second kappa shape index (κ2) is 7.63. The second-order valence-corrected chi connectivity index (χ2v) is 6.28. The quantitative estimate of drug-likeness (QED) is 0.752. The van der Waals surface area contributed by atoms with Crippen LogP contribution in [0.1, 0.15) is 29.9 Å². The van der Waals surface area contributed by atoms with Crippen molar-refractivity contribution in [3.63, 3.8) is 0 Å². The number of nitriles is 2. The Morgan fingerprint density at radius 2 is 1.67 bits per heavy atom. The Hall–Kier alpha value is -2.12. The Morgan fingerprint density at radius 1 is 1.12 bits per heavy atom. The summed E-state index contributed by atoms with van der Waals surface area (Å²) in [5, 5.41) is 18.7. The van der Waals surface area contributed by atoms with Gasteiger partial charge in [-0.1, -0.05) is 12.1 Å². The van der Waals surface area contributed by atoms with E-state index in [1.54, 1.807) is 12.1 Å². The summed E-state index contributed by atoms with van der Waals surface area (Å²) in [6, 6.07) is 9.16. The number of likely N-dealkylation sites (tertiary alicyclic amines) is 1. The first-order valence-electron chi connectivity index (χ1n) is 7.41. The van der Waals surface area contributed by atoms with Crippen molar-refractivity contribution in [3.05, 3.63) is 46.0 Å². The summed E-state index contributed by atoms with van der Waals surface area (Å²) in [4.78, 5) is 2.01. The molecule has 0 amide bonds. The van der Waals surface area contributed by atoms with Crippen LogP contribution in [-0.2, 0) is 6.18 Å². The SMILES string of the molecule is CSC(=C(C#N)C#N)N1CCC(c2ccc(C(F)(F)F)cc2)CC1. The standard InChI is InChI=1S/C17H16F3N3S/c1-24-16(14(10-21)11-22)23-8-6-13(7-9-23)12-2-4-15(5-3-12)17(18,19)20/h2-5,13H,6-9H2,1H3. The van der Waals surface area contributed by atoms with Crippen LogP contribution >= 0.6 is 11.8 Å². The molecule has 0 spiro atoms. The molecule has 0 aromatic heterocycles. The molecule has 1 aromatic rings. The molecule has 0 radical (unpaired) electrons. The van der Waals surface area contributed by atoms with E-state index in [2.05, 4.69) is 0 Å². The Labute approximate surface area is 143 Å². The molecule has 1 aliphatic rings. The predicted octanol–water partition coefficient (Wildman–Crippen LogP) is 4.51. The molecule has 0 atom stereocenters. The highest BCUT2D eigenvalue weighted by Gasteiger charge is 2.30. The fourth-order valence-electron chi connectivity index (χ4n) is 2.87. The molecule has 1 heterocycles. The number of hydrogen-bond donors (Lipinski definition) is 0. The molecule has 0 N–H and O–H groups in total. The molecule has 1 saturated heterocycles. The van der Waals surface area contributed by atoms with Gasteiger partial charge in [-0.3, -0.25) is 0 Å². The number of piperidine rings is 1. The van der Waals surface area contributed by atoms with Crippen molar-refractivity contribution in [1.29, 1.82) is 10.5 Å². The van der Waals surface area contributed by atoms with Gasteiger partial charge < -0.3 is 4.90 Å². The monoisotopic (exact) mass is 351 g/mol. The molecule has 3 nitrogen and oxygen atoms in total. The summed E-state index contributed by atoms with van der Waals surface area (Å²) in [5.41, 5.74) is 0.373. The normalized spacial score (nSPS) is 15.5. The Bertz CT molecular complexity index is 672. The van der Waals surface area contributed by atoms with Crippen molar-refractivity contribution in [2.75, 3.05) is 19.3 Å². The average Bonchev–Trinajstić information content (AvgIpc) is 2.59. The lowest BCUT2D eigenvalue weighted by atomic mass is 9.89. The third-order valence-electron chi connectivity index (χ3n) is 4.12. The third kappa shape index (κ3) is 4.04. The van der Waals surface area contributed by atoms with Gasteiger partial charge in [-0.15, -0.1) is 11.8 Å². The number of benzene rings is 1. The molecule has 24 heavy (non-hydrogen) atoms. The van der Waals surface area contributed by atoms with Crippen molar-refractivity contribution in [1.82, 2.24) is 4.90 Å². The largest absolute Gasteiger partial charge is 0.416 e. The van der Waals surface area contributed by atoms with Crippen molar-refractivity contribution in [2.24, 2.45) is 0 Å². The van der Waals surface area contributed by atoms with E-state index >= 15 is 0 Å². The number of allylic oxidation sites excluding steroid dienone is 1. The highest BCUT2D eigenvalue weighted by atomic mass is 32.2. The molecule has 2 rings (SSSR count). The van der Waals surface area contributed by atoms with Crippen LogP contribution in [0.5, 0.6) is 0 Å².